The highest BCUT2D eigenvalue weighted by molar-refractivity contribution is 9.10. The van der Waals surface area contributed by atoms with E-state index in [1.807, 2.05) is 6.20 Å². The van der Waals surface area contributed by atoms with Gasteiger partial charge < -0.3 is 4.98 Å². The second-order valence-corrected chi connectivity index (χ2v) is 4.64. The van der Waals surface area contributed by atoms with Crippen LogP contribution in [0.5, 0.6) is 0 Å². The first kappa shape index (κ1) is 9.97. The molecule has 1 heterocycles. The van der Waals surface area contributed by atoms with Crippen molar-refractivity contribution in [1.29, 1.82) is 0 Å². The molecule has 0 spiro atoms. The van der Waals surface area contributed by atoms with Crippen molar-refractivity contribution < 1.29 is 0 Å². The normalized spacial score (nSPS) is 16.9. The van der Waals surface area contributed by atoms with Crippen molar-refractivity contribution in [3.05, 3.63) is 32.2 Å². The molecule has 1 aliphatic carbocycles. The van der Waals surface area contributed by atoms with E-state index in [1.165, 1.54) is 36.8 Å². The number of hydrogen-bond acceptors (Lipinski definition) is 1. The first-order valence-corrected chi connectivity index (χ1v) is 5.97. The molecule has 76 valence electrons. The smallest absolute Gasteiger partial charge is 0.262 e. The number of pyridine rings is 1. The third-order valence-corrected chi connectivity index (χ3v) is 3.69. The number of fused-ring (bicyclic) bond motifs is 1. The minimum absolute atomic E-state index is 0.00400. The molecule has 2 rings (SSSR count). The molecule has 0 saturated carbocycles. The fourth-order valence-corrected chi connectivity index (χ4v) is 2.61. The Morgan fingerprint density at radius 1 is 1.14 bits per heavy atom. The Morgan fingerprint density at radius 2 is 1.86 bits per heavy atom. The van der Waals surface area contributed by atoms with Crippen molar-refractivity contribution in [2.24, 2.45) is 0 Å². The van der Waals surface area contributed by atoms with Crippen LogP contribution in [0.1, 0.15) is 36.8 Å². The Kier molecular flexibility index (Phi) is 3.06. The third kappa shape index (κ3) is 1.92. The van der Waals surface area contributed by atoms with Crippen LogP contribution < -0.4 is 5.56 Å². The highest BCUT2D eigenvalue weighted by atomic mass is 79.9. The quantitative estimate of drug-likeness (QED) is 0.760. The number of nitrogens with one attached hydrogen (secondary N) is 1. The fourth-order valence-electron chi connectivity index (χ4n) is 2.05. The number of halogens is 1. The summed E-state index contributed by atoms with van der Waals surface area (Å²) in [6.45, 7) is 0. The Balaban J connectivity index is 2.44. The second-order valence-electron chi connectivity index (χ2n) is 3.85. The zero-order valence-electron chi connectivity index (χ0n) is 8.11. The highest BCUT2D eigenvalue weighted by Crippen LogP contribution is 2.23. The van der Waals surface area contributed by atoms with E-state index in [9.17, 15) is 4.79 Å². The van der Waals surface area contributed by atoms with Gasteiger partial charge in [0.2, 0.25) is 0 Å². The summed E-state index contributed by atoms with van der Waals surface area (Å²) in [7, 11) is 0. The Labute approximate surface area is 91.9 Å². The molecule has 0 bridgehead atoms. The van der Waals surface area contributed by atoms with E-state index < -0.39 is 0 Å². The molecule has 0 fully saturated rings. The lowest BCUT2D eigenvalue weighted by atomic mass is 9.95. The van der Waals surface area contributed by atoms with Gasteiger partial charge in [-0.1, -0.05) is 12.8 Å². The molecule has 0 aliphatic heterocycles. The summed E-state index contributed by atoms with van der Waals surface area (Å²) in [5, 5.41) is 0. The molecule has 1 N–H and O–H groups in total. The zero-order valence-corrected chi connectivity index (χ0v) is 9.69. The van der Waals surface area contributed by atoms with Crippen molar-refractivity contribution in [3.8, 4) is 0 Å². The van der Waals surface area contributed by atoms with E-state index in [1.54, 1.807) is 0 Å². The maximum absolute atomic E-state index is 11.4. The van der Waals surface area contributed by atoms with Crippen LogP contribution in [0.3, 0.4) is 0 Å². The lowest BCUT2D eigenvalue weighted by Crippen LogP contribution is -2.13. The van der Waals surface area contributed by atoms with Crippen molar-refractivity contribution in [3.63, 3.8) is 0 Å². The average Bonchev–Trinajstić information content (AvgIpc) is 2.13. The summed E-state index contributed by atoms with van der Waals surface area (Å²) >= 11 is 3.38. The Hall–Kier alpha value is -0.570. The van der Waals surface area contributed by atoms with Gasteiger partial charge in [-0.2, -0.15) is 0 Å². The third-order valence-electron chi connectivity index (χ3n) is 2.85. The van der Waals surface area contributed by atoms with E-state index in [0.717, 1.165) is 17.3 Å². The van der Waals surface area contributed by atoms with Crippen LogP contribution in [-0.4, -0.2) is 4.98 Å². The molecule has 0 amide bonds. The number of H-pyrrole nitrogens is 1. The van der Waals surface area contributed by atoms with Gasteiger partial charge >= 0.3 is 0 Å². The van der Waals surface area contributed by atoms with Crippen LogP contribution in [0.25, 0.3) is 0 Å². The van der Waals surface area contributed by atoms with Crippen molar-refractivity contribution >= 4 is 15.9 Å². The number of rotatable bonds is 0. The van der Waals surface area contributed by atoms with Crippen LogP contribution >= 0.6 is 15.9 Å². The van der Waals surface area contributed by atoms with E-state index in [4.69, 9.17) is 0 Å². The molecule has 14 heavy (non-hydrogen) atoms. The molecule has 1 aromatic heterocycles. The van der Waals surface area contributed by atoms with Crippen molar-refractivity contribution in [2.75, 3.05) is 0 Å². The number of hydrogen-bond donors (Lipinski definition) is 1. The predicted octanol–water partition coefficient (Wildman–Crippen LogP) is 2.80. The highest BCUT2D eigenvalue weighted by Gasteiger charge is 2.11. The number of aromatic amines is 1. The molecule has 0 atom stereocenters. The van der Waals surface area contributed by atoms with Gasteiger partial charge in [-0.15, -0.1) is 0 Å². The SMILES string of the molecule is O=c1[nH]cc2c(c1Br)CCCCCC2. The first-order valence-electron chi connectivity index (χ1n) is 5.18. The fraction of sp³-hybridized carbons (Fsp3) is 0.545. The van der Waals surface area contributed by atoms with E-state index in [2.05, 4.69) is 20.9 Å². The molecule has 1 aromatic rings. The standard InChI is InChI=1S/C11H14BrNO/c12-10-9-6-4-2-1-3-5-8(9)7-13-11(10)14/h7H,1-6H2,(H,13,14). The topological polar surface area (TPSA) is 32.9 Å². The van der Waals surface area contributed by atoms with Gasteiger partial charge in [-0.05, 0) is 52.7 Å². The van der Waals surface area contributed by atoms with Gasteiger partial charge in [-0.3, -0.25) is 4.79 Å². The van der Waals surface area contributed by atoms with Crippen LogP contribution in [0.2, 0.25) is 0 Å². The first-order chi connectivity index (χ1) is 6.79. The monoisotopic (exact) mass is 255 g/mol. The predicted molar refractivity (Wildman–Crippen MR) is 60.6 cm³/mol. The van der Waals surface area contributed by atoms with E-state index in [0.29, 0.717) is 0 Å². The zero-order chi connectivity index (χ0) is 9.97. The van der Waals surface area contributed by atoms with Gasteiger partial charge in [0, 0.05) is 6.20 Å². The Bertz CT molecular complexity index is 383. The molecular formula is C11H14BrNO. The largest absolute Gasteiger partial charge is 0.328 e. The molecule has 0 radical (unpaired) electrons. The van der Waals surface area contributed by atoms with Crippen LogP contribution in [0.15, 0.2) is 15.5 Å². The maximum atomic E-state index is 11.4. The molecule has 2 nitrogen and oxygen atoms in total. The summed E-state index contributed by atoms with van der Waals surface area (Å²) < 4.78 is 0.747. The Morgan fingerprint density at radius 3 is 2.64 bits per heavy atom. The molecule has 0 saturated heterocycles. The number of aromatic nitrogens is 1. The molecular weight excluding hydrogens is 242 g/mol. The second kappa shape index (κ2) is 4.30. The van der Waals surface area contributed by atoms with Crippen molar-refractivity contribution in [2.45, 2.75) is 38.5 Å². The summed E-state index contributed by atoms with van der Waals surface area (Å²) in [4.78, 5) is 14.2. The van der Waals surface area contributed by atoms with Crippen molar-refractivity contribution in [1.82, 2.24) is 4.98 Å². The molecule has 1 aliphatic rings. The maximum Gasteiger partial charge on any atom is 0.262 e. The van der Waals surface area contributed by atoms with Gasteiger partial charge in [0.05, 0.1) is 4.47 Å². The average molecular weight is 256 g/mol. The van der Waals surface area contributed by atoms with Crippen LogP contribution in [0, 0.1) is 0 Å². The van der Waals surface area contributed by atoms with Crippen LogP contribution in [0.4, 0.5) is 0 Å². The van der Waals surface area contributed by atoms with Gasteiger partial charge in [0.25, 0.3) is 5.56 Å². The van der Waals surface area contributed by atoms with Gasteiger partial charge in [0.1, 0.15) is 0 Å². The summed E-state index contributed by atoms with van der Waals surface area (Å²) in [5.74, 6) is 0. The van der Waals surface area contributed by atoms with Gasteiger partial charge in [0.15, 0.2) is 0 Å². The summed E-state index contributed by atoms with van der Waals surface area (Å²) in [6, 6.07) is 0. The number of aryl methyl sites for hydroxylation is 1. The molecule has 0 aromatic carbocycles. The van der Waals surface area contributed by atoms with Crippen LogP contribution in [-0.2, 0) is 12.8 Å². The molecule has 0 unspecified atom stereocenters. The minimum atomic E-state index is 0.00400. The molecule has 3 heteroatoms. The van der Waals surface area contributed by atoms with E-state index in [-0.39, 0.29) is 5.56 Å². The van der Waals surface area contributed by atoms with Gasteiger partial charge in [-0.25, -0.2) is 0 Å². The lowest BCUT2D eigenvalue weighted by molar-refractivity contribution is 0.613. The summed E-state index contributed by atoms with van der Waals surface area (Å²) in [5.41, 5.74) is 2.55. The van der Waals surface area contributed by atoms with E-state index >= 15 is 0 Å². The minimum Gasteiger partial charge on any atom is -0.328 e. The lowest BCUT2D eigenvalue weighted by Gasteiger charge is -2.14. The summed E-state index contributed by atoms with van der Waals surface area (Å²) in [6.07, 6.45) is 9.08.